The van der Waals surface area contributed by atoms with Crippen LogP contribution in [-0.4, -0.2) is 21.0 Å². The first-order valence-corrected chi connectivity index (χ1v) is 10.0. The Morgan fingerprint density at radius 2 is 1.74 bits per heavy atom. The van der Waals surface area contributed by atoms with Gasteiger partial charge in [-0.15, -0.1) is 0 Å². The van der Waals surface area contributed by atoms with E-state index in [2.05, 4.69) is 70.4 Å². The molecule has 1 unspecified atom stereocenters. The van der Waals surface area contributed by atoms with Gasteiger partial charge in [-0.2, -0.15) is 0 Å². The van der Waals surface area contributed by atoms with E-state index in [1.165, 1.54) is 5.56 Å². The molecule has 2 nitrogen and oxygen atoms in total. The Hall–Kier alpha value is -0.643. The summed E-state index contributed by atoms with van der Waals surface area (Å²) in [4.78, 5) is 0. The van der Waals surface area contributed by atoms with E-state index < -0.39 is 8.32 Å². The number of nitrogens with one attached hydrogen (secondary N) is 1. The Balaban J connectivity index is 2.34. The molecule has 19 heavy (non-hydrogen) atoms. The summed E-state index contributed by atoms with van der Waals surface area (Å²) in [6.45, 7) is 15.3. The van der Waals surface area contributed by atoms with Crippen molar-refractivity contribution in [3.8, 4) is 0 Å². The topological polar surface area (TPSA) is 21.3 Å². The molecule has 0 heterocycles. The Morgan fingerprint density at radius 3 is 2.26 bits per heavy atom. The number of rotatable bonds is 6. The summed E-state index contributed by atoms with van der Waals surface area (Å²) < 4.78 is 6.22. The molecule has 0 aromatic heterocycles. The van der Waals surface area contributed by atoms with E-state index in [0.717, 1.165) is 13.2 Å². The van der Waals surface area contributed by atoms with Crippen LogP contribution in [0.25, 0.3) is 0 Å². The van der Waals surface area contributed by atoms with Crippen molar-refractivity contribution in [3.63, 3.8) is 0 Å². The molecule has 0 saturated carbocycles. The second kappa shape index (κ2) is 6.68. The monoisotopic (exact) mass is 279 g/mol. The van der Waals surface area contributed by atoms with Crippen molar-refractivity contribution in [2.24, 2.45) is 0 Å². The van der Waals surface area contributed by atoms with Gasteiger partial charge in [-0.25, -0.2) is 0 Å². The standard InChI is InChI=1S/C16H29NOSi/c1-14(13-18-19(5,6)16(2,3)4)17-12-15-10-8-7-9-11-15/h7-11,14,17H,12-13H2,1-6H3. The predicted molar refractivity (Wildman–Crippen MR) is 85.9 cm³/mol. The Kier molecular flexibility index (Phi) is 5.77. The Bertz CT molecular complexity index is 370. The van der Waals surface area contributed by atoms with Gasteiger partial charge in [-0.1, -0.05) is 51.1 Å². The number of hydrogen-bond acceptors (Lipinski definition) is 2. The fourth-order valence-electron chi connectivity index (χ4n) is 1.50. The van der Waals surface area contributed by atoms with E-state index in [0.29, 0.717) is 6.04 Å². The van der Waals surface area contributed by atoms with Gasteiger partial charge < -0.3 is 9.74 Å². The van der Waals surface area contributed by atoms with Gasteiger partial charge in [-0.3, -0.25) is 0 Å². The van der Waals surface area contributed by atoms with Crippen molar-refractivity contribution in [3.05, 3.63) is 35.9 Å². The van der Waals surface area contributed by atoms with Gasteiger partial charge >= 0.3 is 0 Å². The zero-order valence-electron chi connectivity index (χ0n) is 13.3. The molecule has 0 amide bonds. The van der Waals surface area contributed by atoms with Gasteiger partial charge in [0.2, 0.25) is 0 Å². The van der Waals surface area contributed by atoms with Crippen molar-refractivity contribution < 1.29 is 4.43 Å². The van der Waals surface area contributed by atoms with E-state index in [1.807, 2.05) is 6.07 Å². The first-order valence-electron chi connectivity index (χ1n) is 7.13. The maximum atomic E-state index is 6.22. The second-order valence-electron chi connectivity index (χ2n) is 6.84. The molecule has 1 aromatic carbocycles. The van der Waals surface area contributed by atoms with E-state index >= 15 is 0 Å². The van der Waals surface area contributed by atoms with E-state index in [1.54, 1.807) is 0 Å². The lowest BCUT2D eigenvalue weighted by molar-refractivity contribution is 0.249. The van der Waals surface area contributed by atoms with Crippen LogP contribution in [0, 0.1) is 0 Å². The SMILES string of the molecule is CC(CO[Si](C)(C)C(C)(C)C)NCc1ccccc1. The molecule has 0 saturated heterocycles. The van der Waals surface area contributed by atoms with Crippen LogP contribution in [0.5, 0.6) is 0 Å². The number of benzene rings is 1. The van der Waals surface area contributed by atoms with Crippen LogP contribution >= 0.6 is 0 Å². The molecule has 0 aliphatic carbocycles. The zero-order chi connectivity index (χ0) is 14.5. The third-order valence-electron chi connectivity index (χ3n) is 4.00. The van der Waals surface area contributed by atoms with Crippen molar-refractivity contribution in [1.29, 1.82) is 0 Å². The van der Waals surface area contributed by atoms with E-state index in [-0.39, 0.29) is 5.04 Å². The lowest BCUT2D eigenvalue weighted by Crippen LogP contribution is -2.44. The molecule has 1 rings (SSSR count). The van der Waals surface area contributed by atoms with Crippen LogP contribution in [0.3, 0.4) is 0 Å². The third-order valence-corrected chi connectivity index (χ3v) is 8.50. The highest BCUT2D eigenvalue weighted by atomic mass is 28.4. The van der Waals surface area contributed by atoms with Crippen molar-refractivity contribution >= 4 is 8.32 Å². The molecule has 1 atom stereocenters. The molecular formula is C16H29NOSi. The van der Waals surface area contributed by atoms with Crippen molar-refractivity contribution in [2.45, 2.75) is 58.4 Å². The lowest BCUT2D eigenvalue weighted by atomic mass is 10.2. The fraction of sp³-hybridized carbons (Fsp3) is 0.625. The predicted octanol–water partition coefficient (Wildman–Crippen LogP) is 4.19. The van der Waals surface area contributed by atoms with Crippen LogP contribution < -0.4 is 5.32 Å². The summed E-state index contributed by atoms with van der Waals surface area (Å²) in [5, 5.41) is 3.80. The summed E-state index contributed by atoms with van der Waals surface area (Å²) in [7, 11) is -1.62. The molecule has 0 aliphatic heterocycles. The Labute approximate surface area is 119 Å². The molecule has 0 radical (unpaired) electrons. The van der Waals surface area contributed by atoms with Crippen LogP contribution in [0.1, 0.15) is 33.3 Å². The highest BCUT2D eigenvalue weighted by Crippen LogP contribution is 2.36. The molecule has 1 N–H and O–H groups in total. The summed E-state index contributed by atoms with van der Waals surface area (Å²) in [6, 6.07) is 10.9. The smallest absolute Gasteiger partial charge is 0.192 e. The van der Waals surface area contributed by atoms with Gasteiger partial charge in [0, 0.05) is 19.2 Å². The molecule has 1 aromatic rings. The van der Waals surface area contributed by atoms with Crippen LogP contribution in [0.15, 0.2) is 30.3 Å². The molecule has 0 bridgehead atoms. The summed E-state index contributed by atoms with van der Waals surface area (Å²) in [5.41, 5.74) is 1.32. The third kappa shape index (κ3) is 5.47. The average Bonchev–Trinajstić information content (AvgIpc) is 2.34. The highest BCUT2D eigenvalue weighted by Gasteiger charge is 2.37. The van der Waals surface area contributed by atoms with Gasteiger partial charge in [0.15, 0.2) is 8.32 Å². The maximum Gasteiger partial charge on any atom is 0.192 e. The fourth-order valence-corrected chi connectivity index (χ4v) is 2.60. The normalized spacial score (nSPS) is 14.4. The molecule has 0 fully saturated rings. The molecule has 0 aliphatic rings. The van der Waals surface area contributed by atoms with Gasteiger partial charge in [-0.05, 0) is 30.6 Å². The zero-order valence-corrected chi connectivity index (χ0v) is 14.3. The second-order valence-corrected chi connectivity index (χ2v) is 11.6. The minimum absolute atomic E-state index is 0.284. The molecule has 3 heteroatoms. The van der Waals surface area contributed by atoms with Gasteiger partial charge in [0.25, 0.3) is 0 Å². The first-order chi connectivity index (χ1) is 8.72. The summed E-state index contributed by atoms with van der Waals surface area (Å²) in [5.74, 6) is 0. The molecular weight excluding hydrogens is 250 g/mol. The first kappa shape index (κ1) is 16.4. The van der Waals surface area contributed by atoms with Crippen LogP contribution in [-0.2, 0) is 11.0 Å². The van der Waals surface area contributed by atoms with Gasteiger partial charge in [0.05, 0.1) is 0 Å². The van der Waals surface area contributed by atoms with Gasteiger partial charge in [0.1, 0.15) is 0 Å². The van der Waals surface area contributed by atoms with E-state index in [4.69, 9.17) is 4.43 Å². The minimum Gasteiger partial charge on any atom is -0.415 e. The molecule has 0 spiro atoms. The Morgan fingerprint density at radius 1 is 1.16 bits per heavy atom. The van der Waals surface area contributed by atoms with Crippen molar-refractivity contribution in [2.75, 3.05) is 6.61 Å². The highest BCUT2D eigenvalue weighted by molar-refractivity contribution is 6.74. The largest absolute Gasteiger partial charge is 0.415 e. The van der Waals surface area contributed by atoms with Crippen molar-refractivity contribution in [1.82, 2.24) is 5.32 Å². The summed E-state index contributed by atoms with van der Waals surface area (Å²) >= 11 is 0. The molecule has 108 valence electrons. The van der Waals surface area contributed by atoms with Crippen LogP contribution in [0.2, 0.25) is 18.1 Å². The minimum atomic E-state index is -1.62. The number of hydrogen-bond donors (Lipinski definition) is 1. The summed E-state index contributed by atoms with van der Waals surface area (Å²) in [6.07, 6.45) is 0. The van der Waals surface area contributed by atoms with E-state index in [9.17, 15) is 0 Å². The van der Waals surface area contributed by atoms with Crippen LogP contribution in [0.4, 0.5) is 0 Å². The quantitative estimate of drug-likeness (QED) is 0.789. The lowest BCUT2D eigenvalue weighted by Gasteiger charge is -2.37. The maximum absolute atomic E-state index is 6.22. The average molecular weight is 280 g/mol.